The van der Waals surface area contributed by atoms with Crippen LogP contribution in [0.1, 0.15) is 32.6 Å². The van der Waals surface area contributed by atoms with Crippen LogP contribution in [0.25, 0.3) is 0 Å². The van der Waals surface area contributed by atoms with E-state index in [2.05, 4.69) is 33.9 Å². The molecule has 0 fully saturated rings. The van der Waals surface area contributed by atoms with Gasteiger partial charge in [-0.25, -0.2) is 5.10 Å². The second kappa shape index (κ2) is 11.8. The second-order valence-electron chi connectivity index (χ2n) is 4.14. The zero-order valence-corrected chi connectivity index (χ0v) is 14.0. The van der Waals surface area contributed by atoms with Gasteiger partial charge in [0.25, 0.3) is 0 Å². The summed E-state index contributed by atoms with van der Waals surface area (Å²) in [5, 5.41) is 7.38. The zero-order chi connectivity index (χ0) is 13.8. The highest BCUT2D eigenvalue weighted by molar-refractivity contribution is 8.04. The molecule has 0 aliphatic rings. The molecular weight excluding hydrogens is 296 g/mol. The molecule has 1 rings (SSSR count). The second-order valence-corrected chi connectivity index (χ2v) is 7.65. The molecule has 19 heavy (non-hydrogen) atoms. The van der Waals surface area contributed by atoms with Gasteiger partial charge in [0.1, 0.15) is 0 Å². The molecule has 7 heteroatoms. The van der Waals surface area contributed by atoms with Gasteiger partial charge in [0.2, 0.25) is 11.1 Å². The van der Waals surface area contributed by atoms with E-state index < -0.39 is 0 Å². The number of H-pyrrole nitrogens is 1. The predicted octanol–water partition coefficient (Wildman–Crippen LogP) is 3.53. The van der Waals surface area contributed by atoms with E-state index in [1.165, 1.54) is 42.9 Å². The van der Waals surface area contributed by atoms with Crippen LogP contribution >= 0.6 is 35.3 Å². The summed E-state index contributed by atoms with van der Waals surface area (Å²) < 4.78 is 0. The molecule has 0 saturated heterocycles. The van der Waals surface area contributed by atoms with E-state index in [0.29, 0.717) is 5.95 Å². The van der Waals surface area contributed by atoms with Crippen LogP contribution in [-0.4, -0.2) is 43.9 Å². The summed E-state index contributed by atoms with van der Waals surface area (Å²) in [6.45, 7) is 2.26. The minimum Gasteiger partial charge on any atom is -0.368 e. The van der Waals surface area contributed by atoms with Crippen molar-refractivity contribution in [3.63, 3.8) is 0 Å². The molecule has 0 atom stereocenters. The Labute approximate surface area is 128 Å². The van der Waals surface area contributed by atoms with Crippen molar-refractivity contribution in [3.05, 3.63) is 0 Å². The molecule has 1 heterocycles. The number of nitrogens with zero attached hydrogens (tertiary/aromatic N) is 2. The molecule has 0 aliphatic heterocycles. The van der Waals surface area contributed by atoms with Crippen LogP contribution in [-0.2, 0) is 0 Å². The highest BCUT2D eigenvalue weighted by Gasteiger charge is 2.00. The van der Waals surface area contributed by atoms with Gasteiger partial charge in [0, 0.05) is 23.0 Å². The summed E-state index contributed by atoms with van der Waals surface area (Å²) in [7, 11) is 0. The molecule has 0 aliphatic carbocycles. The Balaban J connectivity index is 1.79. The number of aromatic amines is 1. The van der Waals surface area contributed by atoms with Gasteiger partial charge in [-0.1, -0.05) is 37.9 Å². The van der Waals surface area contributed by atoms with Gasteiger partial charge in [-0.3, -0.25) is 0 Å². The molecular formula is C12H24N4S3. The van der Waals surface area contributed by atoms with E-state index in [-0.39, 0.29) is 0 Å². The molecule has 0 radical (unpaired) electrons. The fourth-order valence-electron chi connectivity index (χ4n) is 1.47. The molecule has 110 valence electrons. The maximum Gasteiger partial charge on any atom is 0.216 e. The summed E-state index contributed by atoms with van der Waals surface area (Å²) in [4.78, 5) is 4.05. The van der Waals surface area contributed by atoms with Gasteiger partial charge in [-0.05, 0) is 12.2 Å². The Kier molecular flexibility index (Phi) is 10.6. The van der Waals surface area contributed by atoms with Gasteiger partial charge in [0.15, 0.2) is 0 Å². The molecule has 1 aromatic heterocycles. The third-order valence-electron chi connectivity index (χ3n) is 2.46. The summed E-state index contributed by atoms with van der Waals surface area (Å²) in [6, 6.07) is 0. The number of nitrogens with one attached hydrogen (secondary N) is 1. The molecule has 3 N–H and O–H groups in total. The van der Waals surface area contributed by atoms with E-state index in [4.69, 9.17) is 5.73 Å². The molecule has 0 saturated carbocycles. The first kappa shape index (κ1) is 17.0. The highest BCUT2D eigenvalue weighted by atomic mass is 32.2. The zero-order valence-electron chi connectivity index (χ0n) is 11.6. The Hall–Kier alpha value is -0.0100. The number of nitrogen functional groups attached to an aromatic ring is 1. The summed E-state index contributed by atoms with van der Waals surface area (Å²) in [5.41, 5.74) is 5.46. The number of hydrogen-bond donors (Lipinski definition) is 2. The van der Waals surface area contributed by atoms with Crippen molar-refractivity contribution in [2.75, 3.05) is 34.5 Å². The minimum absolute atomic E-state index is 0.398. The normalized spacial score (nSPS) is 11.0. The molecule has 0 bridgehead atoms. The van der Waals surface area contributed by atoms with E-state index >= 15 is 0 Å². The number of aromatic nitrogens is 3. The lowest BCUT2D eigenvalue weighted by atomic mass is 10.2. The van der Waals surface area contributed by atoms with Crippen molar-refractivity contribution in [1.29, 1.82) is 0 Å². The van der Waals surface area contributed by atoms with Crippen molar-refractivity contribution in [2.24, 2.45) is 0 Å². The summed E-state index contributed by atoms with van der Waals surface area (Å²) >= 11 is 5.75. The van der Waals surface area contributed by atoms with Crippen molar-refractivity contribution in [3.8, 4) is 0 Å². The van der Waals surface area contributed by atoms with Crippen molar-refractivity contribution in [2.45, 2.75) is 37.8 Å². The van der Waals surface area contributed by atoms with Crippen LogP contribution in [0, 0.1) is 0 Å². The maximum absolute atomic E-state index is 5.46. The van der Waals surface area contributed by atoms with Crippen molar-refractivity contribution in [1.82, 2.24) is 15.2 Å². The van der Waals surface area contributed by atoms with Gasteiger partial charge in [0.05, 0.1) is 0 Å². The number of nitrogens with two attached hydrogens (primary N) is 1. The Bertz CT molecular complexity index is 320. The number of thioether (sulfide) groups is 3. The lowest BCUT2D eigenvalue weighted by molar-refractivity contribution is 0.706. The van der Waals surface area contributed by atoms with Crippen LogP contribution in [0.3, 0.4) is 0 Å². The average Bonchev–Trinajstić information content (AvgIpc) is 2.82. The predicted molar refractivity (Wildman–Crippen MR) is 90.3 cm³/mol. The SMILES string of the molecule is CCCCCCSCCSCCSc1n[nH]c(N)n1. The van der Waals surface area contributed by atoms with Crippen LogP contribution in [0.2, 0.25) is 0 Å². The first-order chi connectivity index (χ1) is 9.33. The maximum atomic E-state index is 5.46. The third-order valence-corrected chi connectivity index (χ3v) is 5.88. The van der Waals surface area contributed by atoms with Crippen LogP contribution in [0.15, 0.2) is 5.16 Å². The fraction of sp³-hybridized carbons (Fsp3) is 0.833. The van der Waals surface area contributed by atoms with Gasteiger partial charge >= 0.3 is 0 Å². The lowest BCUT2D eigenvalue weighted by Crippen LogP contribution is -1.91. The van der Waals surface area contributed by atoms with Crippen molar-refractivity contribution < 1.29 is 0 Å². The third kappa shape index (κ3) is 9.51. The van der Waals surface area contributed by atoms with Crippen LogP contribution in [0.4, 0.5) is 5.95 Å². The lowest BCUT2D eigenvalue weighted by Gasteiger charge is -2.01. The van der Waals surface area contributed by atoms with Crippen LogP contribution < -0.4 is 5.73 Å². The average molecular weight is 321 g/mol. The molecule has 0 amide bonds. The largest absolute Gasteiger partial charge is 0.368 e. The van der Waals surface area contributed by atoms with Crippen LogP contribution in [0.5, 0.6) is 0 Å². The Morgan fingerprint density at radius 3 is 2.42 bits per heavy atom. The number of hydrogen-bond acceptors (Lipinski definition) is 6. The number of unbranched alkanes of at least 4 members (excludes halogenated alkanes) is 3. The molecule has 0 aromatic carbocycles. The van der Waals surface area contributed by atoms with Gasteiger partial charge in [-0.15, -0.1) is 5.10 Å². The van der Waals surface area contributed by atoms with E-state index in [1.54, 1.807) is 11.8 Å². The van der Waals surface area contributed by atoms with E-state index in [1.807, 2.05) is 11.8 Å². The fourth-order valence-corrected chi connectivity index (χ4v) is 4.49. The first-order valence-electron chi connectivity index (χ1n) is 6.79. The molecule has 1 aromatic rings. The highest BCUT2D eigenvalue weighted by Crippen LogP contribution is 2.16. The molecule has 4 nitrogen and oxygen atoms in total. The first-order valence-corrected chi connectivity index (χ1v) is 10.1. The van der Waals surface area contributed by atoms with Gasteiger partial charge in [-0.2, -0.15) is 28.5 Å². The van der Waals surface area contributed by atoms with E-state index in [0.717, 1.165) is 16.7 Å². The molecule has 0 spiro atoms. The number of rotatable bonds is 12. The quantitative estimate of drug-likeness (QED) is 0.454. The summed E-state index contributed by atoms with van der Waals surface area (Å²) in [6.07, 6.45) is 5.49. The smallest absolute Gasteiger partial charge is 0.216 e. The summed E-state index contributed by atoms with van der Waals surface area (Å²) in [5.74, 6) is 6.43. The minimum atomic E-state index is 0.398. The standard InChI is InChI=1S/C12H24N4S3/c1-2-3-4-5-6-17-7-8-18-9-10-19-12-14-11(13)15-16-12/h2-10H2,1H3,(H3,13,14,15,16). The van der Waals surface area contributed by atoms with Gasteiger partial charge < -0.3 is 5.73 Å². The van der Waals surface area contributed by atoms with Crippen molar-refractivity contribution >= 4 is 41.2 Å². The number of anilines is 1. The Morgan fingerprint density at radius 2 is 1.74 bits per heavy atom. The Morgan fingerprint density at radius 1 is 1.00 bits per heavy atom. The topological polar surface area (TPSA) is 67.6 Å². The van der Waals surface area contributed by atoms with E-state index in [9.17, 15) is 0 Å². The monoisotopic (exact) mass is 320 g/mol. The molecule has 0 unspecified atom stereocenters.